The second kappa shape index (κ2) is 6.95. The number of allylic oxidation sites excluding steroid dienone is 1. The van der Waals surface area contributed by atoms with Crippen molar-refractivity contribution >= 4 is 40.4 Å². The topological polar surface area (TPSA) is 41.6 Å². The Balaban J connectivity index is 2.54. The fourth-order valence-electron chi connectivity index (χ4n) is 2.18. The van der Waals surface area contributed by atoms with Crippen LogP contribution in [0.25, 0.3) is 5.57 Å². The van der Waals surface area contributed by atoms with Crippen molar-refractivity contribution in [2.75, 3.05) is 24.6 Å². The Morgan fingerprint density at radius 3 is 2.91 bits per heavy atom. The number of ether oxygens (including phenoxy) is 1. The Bertz CT molecular complexity index is 677. The number of rotatable bonds is 4. The number of fused-ring (bicyclic) bond motifs is 1. The van der Waals surface area contributed by atoms with E-state index >= 15 is 0 Å². The van der Waals surface area contributed by atoms with Crippen LogP contribution in [0.4, 0.5) is 5.69 Å². The van der Waals surface area contributed by atoms with Crippen molar-refractivity contribution in [3.63, 3.8) is 0 Å². The van der Waals surface area contributed by atoms with Crippen LogP contribution in [0, 0.1) is 12.3 Å². The van der Waals surface area contributed by atoms with Gasteiger partial charge in [0.2, 0.25) is 0 Å². The molecule has 1 amide bonds. The van der Waals surface area contributed by atoms with Crippen molar-refractivity contribution in [3.8, 4) is 18.1 Å². The summed E-state index contributed by atoms with van der Waals surface area (Å²) in [5, 5.41) is 4.05. The molecule has 6 heteroatoms. The maximum absolute atomic E-state index is 12.0. The molecule has 0 bridgehead atoms. The first kappa shape index (κ1) is 16.5. The molecule has 0 aliphatic carbocycles. The van der Waals surface area contributed by atoms with Gasteiger partial charge in [0.15, 0.2) is 6.61 Å². The van der Waals surface area contributed by atoms with Crippen LogP contribution in [0.3, 0.4) is 0 Å². The Morgan fingerprint density at radius 1 is 1.55 bits per heavy atom. The van der Waals surface area contributed by atoms with Gasteiger partial charge >= 0.3 is 0 Å². The van der Waals surface area contributed by atoms with Crippen molar-refractivity contribution in [1.82, 2.24) is 5.32 Å². The lowest BCUT2D eigenvalue weighted by Gasteiger charge is -2.29. The van der Waals surface area contributed by atoms with Crippen LogP contribution >= 0.6 is 23.2 Å². The third kappa shape index (κ3) is 3.16. The molecule has 0 atom stereocenters. The van der Waals surface area contributed by atoms with Gasteiger partial charge in [-0.3, -0.25) is 9.69 Å². The van der Waals surface area contributed by atoms with E-state index < -0.39 is 0 Å². The highest BCUT2D eigenvalue weighted by Crippen LogP contribution is 2.39. The molecule has 1 heterocycles. The van der Waals surface area contributed by atoms with Gasteiger partial charge in [-0.05, 0) is 25.5 Å². The summed E-state index contributed by atoms with van der Waals surface area (Å²) < 4.78 is 5.43. The minimum Gasteiger partial charge on any atom is -0.482 e. The average molecular weight is 339 g/mol. The molecular weight excluding hydrogens is 323 g/mol. The third-order valence-electron chi connectivity index (χ3n) is 3.31. The summed E-state index contributed by atoms with van der Waals surface area (Å²) >= 11 is 12.5. The molecule has 2 rings (SSSR count). The summed E-state index contributed by atoms with van der Waals surface area (Å²) in [6.07, 6.45) is 5.34. The van der Waals surface area contributed by atoms with E-state index in [9.17, 15) is 4.79 Å². The highest BCUT2D eigenvalue weighted by atomic mass is 35.5. The quantitative estimate of drug-likeness (QED) is 0.676. The molecule has 0 aromatic heterocycles. The predicted molar refractivity (Wildman–Crippen MR) is 90.3 cm³/mol. The first-order valence-electron chi connectivity index (χ1n) is 6.80. The molecule has 0 unspecified atom stereocenters. The fraction of sp³-hybridized carbons (Fsp3) is 0.312. The summed E-state index contributed by atoms with van der Waals surface area (Å²) in [4.78, 5) is 13.5. The molecule has 0 fully saturated rings. The van der Waals surface area contributed by atoms with Gasteiger partial charge in [-0.15, -0.1) is 6.42 Å². The van der Waals surface area contributed by atoms with Crippen LogP contribution < -0.4 is 15.0 Å². The number of carbonyl (C=O) groups excluding carboxylic acids is 1. The standard InChI is InChI=1S/C16H16Cl2N2O2/c1-4-6-20-13-7-11(10(3)16(18)19-5-2)12(17)8-14(13)22-9-15(20)21/h1,7-8,19H,5-6,9H2,2-3H3/b16-10+. The Kier molecular flexibility index (Phi) is 5.23. The summed E-state index contributed by atoms with van der Waals surface area (Å²) in [5.74, 6) is 2.84. The second-order valence-corrected chi connectivity index (χ2v) is 5.53. The summed E-state index contributed by atoms with van der Waals surface area (Å²) in [6, 6.07) is 3.46. The van der Waals surface area contributed by atoms with Gasteiger partial charge in [0.1, 0.15) is 10.9 Å². The van der Waals surface area contributed by atoms with Gasteiger partial charge in [0.05, 0.1) is 17.3 Å². The zero-order valence-corrected chi connectivity index (χ0v) is 13.9. The number of halogens is 2. The van der Waals surface area contributed by atoms with Crippen LogP contribution in [0.1, 0.15) is 19.4 Å². The number of nitrogens with zero attached hydrogens (tertiary/aromatic N) is 1. The van der Waals surface area contributed by atoms with Gasteiger partial charge in [0, 0.05) is 18.2 Å². The van der Waals surface area contributed by atoms with Gasteiger partial charge in [0.25, 0.3) is 5.91 Å². The van der Waals surface area contributed by atoms with E-state index in [4.69, 9.17) is 34.4 Å². The minimum atomic E-state index is -0.182. The molecule has 1 aromatic carbocycles. The summed E-state index contributed by atoms with van der Waals surface area (Å²) in [5.41, 5.74) is 2.12. The molecule has 1 aliphatic heterocycles. The molecule has 4 nitrogen and oxygen atoms in total. The van der Waals surface area contributed by atoms with E-state index in [-0.39, 0.29) is 19.1 Å². The smallest absolute Gasteiger partial charge is 0.265 e. The first-order chi connectivity index (χ1) is 10.5. The number of benzene rings is 1. The minimum absolute atomic E-state index is 0.0443. The van der Waals surface area contributed by atoms with Crippen LogP contribution in [0.15, 0.2) is 17.3 Å². The normalized spacial score (nSPS) is 14.7. The van der Waals surface area contributed by atoms with Gasteiger partial charge in [-0.25, -0.2) is 0 Å². The molecule has 1 aromatic rings. The molecule has 1 aliphatic rings. The summed E-state index contributed by atoms with van der Waals surface area (Å²) in [6.45, 7) is 4.64. The van der Waals surface area contributed by atoms with Gasteiger partial charge in [-0.1, -0.05) is 29.1 Å². The SMILES string of the molecule is C#CCN1C(=O)COc2cc(Cl)c(/C(C)=C(\Cl)NCC)cc21. The lowest BCUT2D eigenvalue weighted by atomic mass is 10.1. The van der Waals surface area contributed by atoms with Gasteiger partial charge in [-0.2, -0.15) is 0 Å². The zero-order chi connectivity index (χ0) is 16.3. The number of hydrogen-bond acceptors (Lipinski definition) is 3. The molecule has 0 radical (unpaired) electrons. The third-order valence-corrected chi connectivity index (χ3v) is 4.04. The van der Waals surface area contributed by atoms with E-state index in [1.807, 2.05) is 13.8 Å². The molecule has 0 saturated carbocycles. The van der Waals surface area contributed by atoms with E-state index in [0.717, 1.165) is 11.1 Å². The number of amides is 1. The lowest BCUT2D eigenvalue weighted by molar-refractivity contribution is -0.121. The largest absolute Gasteiger partial charge is 0.482 e. The molecular formula is C16H16Cl2N2O2. The molecule has 22 heavy (non-hydrogen) atoms. The van der Waals surface area contributed by atoms with Crippen molar-refractivity contribution < 1.29 is 9.53 Å². The maximum Gasteiger partial charge on any atom is 0.265 e. The highest BCUT2D eigenvalue weighted by molar-refractivity contribution is 6.35. The molecule has 0 saturated heterocycles. The Hall–Kier alpha value is -1.83. The van der Waals surface area contributed by atoms with Crippen molar-refractivity contribution in [3.05, 3.63) is 27.9 Å². The maximum atomic E-state index is 12.0. The Morgan fingerprint density at radius 2 is 2.27 bits per heavy atom. The average Bonchev–Trinajstić information content (AvgIpc) is 2.49. The molecule has 116 valence electrons. The highest BCUT2D eigenvalue weighted by Gasteiger charge is 2.26. The number of hydrogen-bond donors (Lipinski definition) is 1. The van der Waals surface area contributed by atoms with Crippen LogP contribution in [0.5, 0.6) is 5.75 Å². The van der Waals surface area contributed by atoms with E-state index in [0.29, 0.717) is 28.2 Å². The monoisotopic (exact) mass is 338 g/mol. The second-order valence-electron chi connectivity index (χ2n) is 4.74. The number of nitrogens with one attached hydrogen (secondary N) is 1. The Labute approximate surface area is 140 Å². The predicted octanol–water partition coefficient (Wildman–Crippen LogP) is 3.24. The van der Waals surface area contributed by atoms with Crippen LogP contribution in [0.2, 0.25) is 5.02 Å². The van der Waals surface area contributed by atoms with Crippen molar-refractivity contribution in [1.29, 1.82) is 0 Å². The van der Waals surface area contributed by atoms with Crippen LogP contribution in [-0.4, -0.2) is 25.6 Å². The van der Waals surface area contributed by atoms with E-state index in [1.165, 1.54) is 4.90 Å². The lowest BCUT2D eigenvalue weighted by Crippen LogP contribution is -2.39. The number of carbonyl (C=O) groups is 1. The van der Waals surface area contributed by atoms with E-state index in [1.54, 1.807) is 12.1 Å². The summed E-state index contributed by atoms with van der Waals surface area (Å²) in [7, 11) is 0. The fourth-order valence-corrected chi connectivity index (χ4v) is 2.71. The zero-order valence-electron chi connectivity index (χ0n) is 12.4. The van der Waals surface area contributed by atoms with Crippen molar-refractivity contribution in [2.45, 2.75) is 13.8 Å². The van der Waals surface area contributed by atoms with Gasteiger partial charge < -0.3 is 10.1 Å². The molecule has 0 spiro atoms. The van der Waals surface area contributed by atoms with E-state index in [2.05, 4.69) is 11.2 Å². The van der Waals surface area contributed by atoms with Crippen LogP contribution in [-0.2, 0) is 4.79 Å². The van der Waals surface area contributed by atoms with Crippen molar-refractivity contribution in [2.24, 2.45) is 0 Å². The molecule has 1 N–H and O–H groups in total. The first-order valence-corrected chi connectivity index (χ1v) is 7.56. The number of anilines is 1. The number of terminal acetylenes is 1.